The van der Waals surface area contributed by atoms with Crippen LogP contribution in [0.5, 0.6) is 0 Å². The Morgan fingerprint density at radius 2 is 1.69 bits per heavy atom. The van der Waals surface area contributed by atoms with Crippen molar-refractivity contribution in [1.29, 1.82) is 0 Å². The third kappa shape index (κ3) is 8.25. The molecule has 0 spiro atoms. The lowest BCUT2D eigenvalue weighted by Gasteiger charge is -2.39. The van der Waals surface area contributed by atoms with Gasteiger partial charge in [0.25, 0.3) is 0 Å². The molecule has 1 aliphatic rings. The van der Waals surface area contributed by atoms with Crippen molar-refractivity contribution in [3.63, 3.8) is 0 Å². The fourth-order valence-corrected chi connectivity index (χ4v) is 5.53. The molecule has 0 saturated carbocycles. The topological polar surface area (TPSA) is 90.0 Å². The van der Waals surface area contributed by atoms with Crippen LogP contribution in [0.25, 0.3) is 0 Å². The van der Waals surface area contributed by atoms with Crippen molar-refractivity contribution in [2.24, 2.45) is 0 Å². The Bertz CT molecular complexity index is 1060. The summed E-state index contributed by atoms with van der Waals surface area (Å²) in [6.07, 6.45) is 3.26. The van der Waals surface area contributed by atoms with Gasteiger partial charge in [0, 0.05) is 41.0 Å². The zero-order chi connectivity index (χ0) is 25.9. The number of ether oxygens (including phenoxy) is 2. The SMILES string of the molecule is CCOC(=O)c1ccc(CS(=O)C2CC(=O)N2CCOCCCCCC(=O)c2ccc(Cl)cc2)cc1. The van der Waals surface area contributed by atoms with E-state index in [0.29, 0.717) is 54.7 Å². The van der Waals surface area contributed by atoms with E-state index >= 15 is 0 Å². The molecule has 0 bridgehead atoms. The molecule has 36 heavy (non-hydrogen) atoms. The number of nitrogens with zero attached hydrogens (tertiary/aromatic N) is 1. The van der Waals surface area contributed by atoms with Gasteiger partial charge in [0.05, 0.1) is 31.0 Å². The van der Waals surface area contributed by atoms with Gasteiger partial charge in [0.15, 0.2) is 5.78 Å². The van der Waals surface area contributed by atoms with E-state index in [-0.39, 0.29) is 29.5 Å². The highest BCUT2D eigenvalue weighted by atomic mass is 35.5. The lowest BCUT2D eigenvalue weighted by Crippen LogP contribution is -2.55. The number of carbonyl (C=O) groups excluding carboxylic acids is 3. The monoisotopic (exact) mass is 533 g/mol. The summed E-state index contributed by atoms with van der Waals surface area (Å²) in [4.78, 5) is 37.6. The van der Waals surface area contributed by atoms with E-state index in [9.17, 15) is 18.6 Å². The largest absolute Gasteiger partial charge is 0.462 e. The van der Waals surface area contributed by atoms with Gasteiger partial charge in [-0.05, 0) is 61.7 Å². The Kier molecular flexibility index (Phi) is 11.1. The van der Waals surface area contributed by atoms with Crippen LogP contribution in [0.4, 0.5) is 0 Å². The third-order valence-electron chi connectivity index (χ3n) is 5.93. The molecule has 1 amide bonds. The maximum absolute atomic E-state index is 12.8. The molecule has 0 aliphatic carbocycles. The second-order valence-electron chi connectivity index (χ2n) is 8.54. The molecule has 1 aliphatic heterocycles. The van der Waals surface area contributed by atoms with Crippen LogP contribution in [0.3, 0.4) is 0 Å². The maximum Gasteiger partial charge on any atom is 0.338 e. The molecular weight excluding hydrogens is 502 g/mol. The lowest BCUT2D eigenvalue weighted by atomic mass is 10.1. The van der Waals surface area contributed by atoms with Gasteiger partial charge < -0.3 is 14.4 Å². The summed E-state index contributed by atoms with van der Waals surface area (Å²) in [5.41, 5.74) is 1.97. The number of hydrogen-bond acceptors (Lipinski definition) is 6. The van der Waals surface area contributed by atoms with Gasteiger partial charge in [-0.3, -0.25) is 13.8 Å². The molecule has 9 heteroatoms. The lowest BCUT2D eigenvalue weighted by molar-refractivity contribution is -0.142. The smallest absolute Gasteiger partial charge is 0.338 e. The highest BCUT2D eigenvalue weighted by Gasteiger charge is 2.39. The number of benzene rings is 2. The van der Waals surface area contributed by atoms with E-state index in [2.05, 4.69) is 0 Å². The minimum absolute atomic E-state index is 0.0182. The van der Waals surface area contributed by atoms with E-state index in [4.69, 9.17) is 21.1 Å². The number of Topliss-reactive ketones (excluding diaryl/α,β-unsaturated/α-hetero) is 1. The molecule has 2 unspecified atom stereocenters. The average molecular weight is 534 g/mol. The van der Waals surface area contributed by atoms with Crippen molar-refractivity contribution in [2.45, 2.75) is 50.2 Å². The van der Waals surface area contributed by atoms with Crippen LogP contribution in [0.1, 0.15) is 65.3 Å². The number of halogens is 1. The van der Waals surface area contributed by atoms with E-state index in [1.807, 2.05) is 0 Å². The molecule has 3 rings (SSSR count). The average Bonchev–Trinajstić information content (AvgIpc) is 2.87. The molecule has 2 aromatic rings. The minimum atomic E-state index is -1.24. The molecule has 7 nitrogen and oxygen atoms in total. The van der Waals surface area contributed by atoms with Crippen molar-refractivity contribution in [3.05, 3.63) is 70.2 Å². The Labute approximate surface area is 219 Å². The number of likely N-dealkylation sites (tertiary alicyclic amines) is 1. The number of amides is 1. The van der Waals surface area contributed by atoms with Crippen LogP contribution in [-0.2, 0) is 30.8 Å². The number of unbranched alkanes of at least 4 members (excludes halogenated alkanes) is 2. The molecule has 0 radical (unpaired) electrons. The number of hydrogen-bond donors (Lipinski definition) is 0. The summed E-state index contributed by atoms with van der Waals surface area (Å²) in [7, 11) is -1.24. The van der Waals surface area contributed by atoms with Gasteiger partial charge in [-0.15, -0.1) is 0 Å². The number of carbonyl (C=O) groups is 3. The molecule has 2 aromatic carbocycles. The zero-order valence-corrected chi connectivity index (χ0v) is 22.0. The van der Waals surface area contributed by atoms with E-state index < -0.39 is 10.8 Å². The van der Waals surface area contributed by atoms with Gasteiger partial charge in [0.1, 0.15) is 5.37 Å². The van der Waals surface area contributed by atoms with Crippen molar-refractivity contribution in [3.8, 4) is 0 Å². The molecular formula is C27H32ClNO6S. The number of esters is 1. The molecule has 0 N–H and O–H groups in total. The van der Waals surface area contributed by atoms with Crippen molar-refractivity contribution in [1.82, 2.24) is 4.90 Å². The van der Waals surface area contributed by atoms with Crippen LogP contribution >= 0.6 is 11.6 Å². The predicted octanol–water partition coefficient (Wildman–Crippen LogP) is 4.78. The first kappa shape index (κ1) is 28.0. The van der Waals surface area contributed by atoms with Gasteiger partial charge in [-0.1, -0.05) is 30.2 Å². The summed E-state index contributed by atoms with van der Waals surface area (Å²) in [5, 5.41) is 0.299. The first-order chi connectivity index (χ1) is 17.4. The number of ketones is 1. The Balaban J connectivity index is 1.29. The highest BCUT2D eigenvalue weighted by molar-refractivity contribution is 7.85. The molecule has 1 fully saturated rings. The van der Waals surface area contributed by atoms with E-state index in [1.165, 1.54) is 0 Å². The number of β-lactam (4-membered cyclic amide) rings is 1. The standard InChI is InChI=1S/C27H32ClNO6S/c1-2-35-27(32)22-9-7-20(8-10-22)19-36(33)26-18-25(31)29(26)15-17-34-16-5-3-4-6-24(30)21-11-13-23(28)14-12-21/h7-14,26H,2-6,15-19H2,1H3. The Morgan fingerprint density at radius 1 is 1.00 bits per heavy atom. The summed E-state index contributed by atoms with van der Waals surface area (Å²) in [6.45, 7) is 3.41. The molecule has 194 valence electrons. The second-order valence-corrected chi connectivity index (χ2v) is 10.6. The van der Waals surface area contributed by atoms with Crippen molar-refractivity contribution < 1.29 is 28.1 Å². The predicted molar refractivity (Wildman–Crippen MR) is 139 cm³/mol. The van der Waals surface area contributed by atoms with Gasteiger partial charge in [0.2, 0.25) is 5.91 Å². The summed E-state index contributed by atoms with van der Waals surface area (Å²) < 4.78 is 23.4. The fraction of sp³-hybridized carbons (Fsp3) is 0.444. The minimum Gasteiger partial charge on any atom is -0.462 e. The van der Waals surface area contributed by atoms with Crippen LogP contribution in [0, 0.1) is 0 Å². The molecule has 2 atom stereocenters. The normalized spacial score (nSPS) is 15.9. The molecule has 1 heterocycles. The maximum atomic E-state index is 12.8. The van der Waals surface area contributed by atoms with Crippen LogP contribution in [0.2, 0.25) is 5.02 Å². The van der Waals surface area contributed by atoms with Gasteiger partial charge in [-0.25, -0.2) is 4.79 Å². The van der Waals surface area contributed by atoms with Gasteiger partial charge >= 0.3 is 5.97 Å². The summed E-state index contributed by atoms with van der Waals surface area (Å²) >= 11 is 5.85. The fourth-order valence-electron chi connectivity index (χ4n) is 3.85. The quantitative estimate of drug-likeness (QED) is 0.142. The zero-order valence-electron chi connectivity index (χ0n) is 20.5. The van der Waals surface area contributed by atoms with E-state index in [1.54, 1.807) is 60.4 Å². The third-order valence-corrected chi connectivity index (χ3v) is 7.83. The van der Waals surface area contributed by atoms with Crippen molar-refractivity contribution in [2.75, 3.05) is 26.4 Å². The van der Waals surface area contributed by atoms with Gasteiger partial charge in [-0.2, -0.15) is 0 Å². The first-order valence-electron chi connectivity index (χ1n) is 12.2. The van der Waals surface area contributed by atoms with E-state index in [0.717, 1.165) is 24.8 Å². The summed E-state index contributed by atoms with van der Waals surface area (Å²) in [5.74, 6) is 0.0215. The van der Waals surface area contributed by atoms with Crippen molar-refractivity contribution >= 4 is 40.1 Å². The van der Waals surface area contributed by atoms with Crippen LogP contribution in [0.15, 0.2) is 48.5 Å². The second kappa shape index (κ2) is 14.3. The van der Waals surface area contributed by atoms with Crippen LogP contribution < -0.4 is 0 Å². The molecule has 1 saturated heterocycles. The Morgan fingerprint density at radius 3 is 2.36 bits per heavy atom. The first-order valence-corrected chi connectivity index (χ1v) is 13.9. The summed E-state index contributed by atoms with van der Waals surface area (Å²) in [6, 6.07) is 13.8. The van der Waals surface area contributed by atoms with Crippen LogP contribution in [-0.4, -0.2) is 58.5 Å². The Hall–Kier alpha value is -2.55. The number of rotatable bonds is 15. The molecule has 0 aromatic heterocycles. The highest BCUT2D eigenvalue weighted by Crippen LogP contribution is 2.24.